The zero-order valence-corrected chi connectivity index (χ0v) is 23.1. The maximum absolute atomic E-state index is 11.8. The molecule has 0 radical (unpaired) electrons. The number of hydrogen-bond acceptors (Lipinski definition) is 6. The Hall–Kier alpha value is -3.53. The van der Waals surface area contributed by atoms with Gasteiger partial charge in [0.15, 0.2) is 5.78 Å². The number of thioether (sulfide) groups is 1. The Morgan fingerprint density at radius 3 is 2.24 bits per heavy atom. The third-order valence-electron chi connectivity index (χ3n) is 5.00. The molecular weight excluding hydrogens is 570 g/mol. The van der Waals surface area contributed by atoms with Crippen LogP contribution in [-0.4, -0.2) is 21.9 Å². The van der Waals surface area contributed by atoms with Crippen LogP contribution in [0.5, 0.6) is 0 Å². The number of nitrogens with one attached hydrogen (secondary N) is 3. The molecule has 0 spiro atoms. The summed E-state index contributed by atoms with van der Waals surface area (Å²) in [4.78, 5) is 35.6. The first-order chi connectivity index (χ1) is 17.9. The highest BCUT2D eigenvalue weighted by Gasteiger charge is 2.21. The molecule has 3 aromatic rings. The predicted molar refractivity (Wildman–Crippen MR) is 157 cm³/mol. The fourth-order valence-electron chi connectivity index (χ4n) is 3.02. The summed E-state index contributed by atoms with van der Waals surface area (Å²) >= 11 is 9.53. The molecule has 1 heterocycles. The van der Waals surface area contributed by atoms with Crippen molar-refractivity contribution in [3.63, 3.8) is 0 Å². The second kappa shape index (κ2) is 14.3. The van der Waals surface area contributed by atoms with Crippen LogP contribution in [-0.2, 0) is 11.2 Å². The summed E-state index contributed by atoms with van der Waals surface area (Å²) in [5, 5.41) is 2.60. The summed E-state index contributed by atoms with van der Waals surface area (Å²) in [6, 6.07) is 24.0. The Kier molecular flexibility index (Phi) is 10.8. The average Bonchev–Trinajstić information content (AvgIpc) is 3.24. The molecule has 1 aliphatic rings. The van der Waals surface area contributed by atoms with Crippen molar-refractivity contribution in [3.8, 4) is 0 Å². The molecular formula is C28H24BrN3O3S2. The summed E-state index contributed by atoms with van der Waals surface area (Å²) in [7, 11) is 0. The van der Waals surface area contributed by atoms with Crippen LogP contribution in [0.4, 0.5) is 0 Å². The van der Waals surface area contributed by atoms with Crippen molar-refractivity contribution in [1.82, 2.24) is 16.2 Å². The number of carbonyl (C=O) groups excluding carboxylic acids is 3. The lowest BCUT2D eigenvalue weighted by molar-refractivity contribution is -0.115. The van der Waals surface area contributed by atoms with Crippen LogP contribution in [0.25, 0.3) is 6.08 Å². The van der Waals surface area contributed by atoms with Gasteiger partial charge in [0.2, 0.25) is 0 Å². The van der Waals surface area contributed by atoms with E-state index in [1.54, 1.807) is 48.5 Å². The number of carbonyl (C=O) groups is 3. The molecule has 3 N–H and O–H groups in total. The van der Waals surface area contributed by atoms with Gasteiger partial charge in [0.1, 0.15) is 4.32 Å². The molecule has 0 bridgehead atoms. The van der Waals surface area contributed by atoms with Crippen LogP contribution in [0.15, 0.2) is 101 Å². The van der Waals surface area contributed by atoms with Gasteiger partial charge in [-0.25, -0.2) is 0 Å². The van der Waals surface area contributed by atoms with Gasteiger partial charge in [-0.15, -0.1) is 0 Å². The minimum absolute atomic E-state index is 0.102. The molecule has 1 fully saturated rings. The summed E-state index contributed by atoms with van der Waals surface area (Å²) in [5.41, 5.74) is 8.50. The zero-order valence-electron chi connectivity index (χ0n) is 19.9. The van der Waals surface area contributed by atoms with Crippen LogP contribution in [0.1, 0.15) is 38.8 Å². The molecule has 3 aromatic carbocycles. The maximum Gasteiger partial charge on any atom is 0.269 e. The summed E-state index contributed by atoms with van der Waals surface area (Å²) in [6.07, 6.45) is 5.64. The summed E-state index contributed by atoms with van der Waals surface area (Å²) in [6.45, 7) is 2.12. The van der Waals surface area contributed by atoms with E-state index in [0.29, 0.717) is 20.4 Å². The van der Waals surface area contributed by atoms with E-state index in [-0.39, 0.29) is 17.6 Å². The first-order valence-corrected chi connectivity index (χ1v) is 13.3. The number of amides is 2. The molecule has 0 saturated carbocycles. The molecule has 37 heavy (non-hydrogen) atoms. The van der Waals surface area contributed by atoms with E-state index in [0.717, 1.165) is 16.5 Å². The Morgan fingerprint density at radius 1 is 0.973 bits per heavy atom. The van der Waals surface area contributed by atoms with E-state index in [1.807, 2.05) is 24.3 Å². The van der Waals surface area contributed by atoms with Crippen molar-refractivity contribution < 1.29 is 14.4 Å². The summed E-state index contributed by atoms with van der Waals surface area (Å²) < 4.78 is 1.43. The van der Waals surface area contributed by atoms with Gasteiger partial charge in [0, 0.05) is 27.9 Å². The van der Waals surface area contributed by atoms with E-state index in [2.05, 4.69) is 51.2 Å². The SMILES string of the molecule is CCc1ccc(/C=C2/SC(=S)NC2=O)cc1.O=C(/C=C/NNC(=O)c1ccc(Br)cc1)c1ccccc1. The fraction of sp³-hybridized carbons (Fsp3) is 0.0714. The lowest BCUT2D eigenvalue weighted by Crippen LogP contribution is -2.33. The first-order valence-electron chi connectivity index (χ1n) is 11.3. The van der Waals surface area contributed by atoms with E-state index < -0.39 is 0 Å². The number of aryl methyl sites for hydroxylation is 1. The van der Waals surface area contributed by atoms with Gasteiger partial charge in [-0.1, -0.05) is 101 Å². The van der Waals surface area contributed by atoms with Gasteiger partial charge in [-0.3, -0.25) is 19.8 Å². The molecule has 188 valence electrons. The minimum atomic E-state index is -0.278. The molecule has 0 atom stereocenters. The van der Waals surface area contributed by atoms with Gasteiger partial charge in [0.25, 0.3) is 11.8 Å². The molecule has 1 saturated heterocycles. The van der Waals surface area contributed by atoms with Gasteiger partial charge >= 0.3 is 0 Å². The number of hydrazine groups is 1. The van der Waals surface area contributed by atoms with Crippen LogP contribution in [0, 0.1) is 0 Å². The van der Waals surface area contributed by atoms with Crippen molar-refractivity contribution in [2.45, 2.75) is 13.3 Å². The largest absolute Gasteiger partial charge is 0.307 e. The highest BCUT2D eigenvalue weighted by Crippen LogP contribution is 2.25. The Morgan fingerprint density at radius 2 is 1.65 bits per heavy atom. The normalized spacial score (nSPS) is 13.6. The van der Waals surface area contributed by atoms with E-state index >= 15 is 0 Å². The van der Waals surface area contributed by atoms with Crippen LogP contribution >= 0.6 is 39.9 Å². The topological polar surface area (TPSA) is 87.3 Å². The number of hydrogen-bond donors (Lipinski definition) is 3. The van der Waals surface area contributed by atoms with Crippen molar-refractivity contribution in [1.29, 1.82) is 0 Å². The van der Waals surface area contributed by atoms with E-state index in [4.69, 9.17) is 12.2 Å². The molecule has 4 rings (SSSR count). The lowest BCUT2D eigenvalue weighted by atomic mass is 10.1. The van der Waals surface area contributed by atoms with Crippen molar-refractivity contribution in [2.24, 2.45) is 0 Å². The first kappa shape index (κ1) is 28.0. The Balaban J connectivity index is 0.000000213. The second-order valence-corrected chi connectivity index (χ2v) is 10.3. The second-order valence-electron chi connectivity index (χ2n) is 7.62. The molecule has 0 unspecified atom stereocenters. The monoisotopic (exact) mass is 593 g/mol. The quantitative estimate of drug-likeness (QED) is 0.138. The Labute approximate surface area is 233 Å². The van der Waals surface area contributed by atoms with E-state index in [9.17, 15) is 14.4 Å². The van der Waals surface area contributed by atoms with Crippen molar-refractivity contribution in [3.05, 3.63) is 123 Å². The van der Waals surface area contributed by atoms with Crippen molar-refractivity contribution >= 4 is 67.9 Å². The third kappa shape index (κ3) is 9.13. The predicted octanol–water partition coefficient (Wildman–Crippen LogP) is 5.82. The van der Waals surface area contributed by atoms with Crippen LogP contribution in [0.3, 0.4) is 0 Å². The maximum atomic E-state index is 11.8. The standard InChI is InChI=1S/C16H13BrN2O2.C12H11NOS2/c17-14-8-6-13(7-9-14)16(21)19-18-11-10-15(20)12-4-2-1-3-5-12;1-2-8-3-5-9(6-4-8)7-10-11(14)13-12(15)16-10/h1-11,18H,(H,19,21);3-7H,2H2,1H3,(H,13,14,15)/b11-10+;10-7+. The van der Waals surface area contributed by atoms with Gasteiger partial charge < -0.3 is 10.7 Å². The zero-order chi connectivity index (χ0) is 26.6. The molecule has 1 aliphatic heterocycles. The van der Waals surface area contributed by atoms with Crippen LogP contribution in [0.2, 0.25) is 0 Å². The lowest BCUT2D eigenvalue weighted by Gasteiger charge is -2.04. The van der Waals surface area contributed by atoms with Crippen molar-refractivity contribution in [2.75, 3.05) is 0 Å². The fourth-order valence-corrected chi connectivity index (χ4v) is 4.33. The Bertz CT molecular complexity index is 1320. The highest BCUT2D eigenvalue weighted by atomic mass is 79.9. The van der Waals surface area contributed by atoms with Crippen LogP contribution < -0.4 is 16.2 Å². The number of allylic oxidation sites excluding steroid dienone is 1. The molecule has 0 aromatic heterocycles. The van der Waals surface area contributed by atoms with Gasteiger partial charge in [0.05, 0.1) is 4.91 Å². The molecule has 0 aliphatic carbocycles. The van der Waals surface area contributed by atoms with Gasteiger partial charge in [-0.05, 0) is 47.9 Å². The smallest absolute Gasteiger partial charge is 0.269 e. The number of benzene rings is 3. The molecule has 9 heteroatoms. The summed E-state index contributed by atoms with van der Waals surface area (Å²) in [5.74, 6) is -0.519. The van der Waals surface area contributed by atoms with E-state index in [1.165, 1.54) is 29.6 Å². The highest BCUT2D eigenvalue weighted by molar-refractivity contribution is 9.10. The minimum Gasteiger partial charge on any atom is -0.307 e. The number of halogens is 1. The molecule has 2 amide bonds. The number of thiocarbonyl (C=S) groups is 1. The number of ketones is 1. The van der Waals surface area contributed by atoms with Gasteiger partial charge in [-0.2, -0.15) is 0 Å². The molecule has 6 nitrogen and oxygen atoms in total. The number of rotatable bonds is 7. The third-order valence-corrected chi connectivity index (χ3v) is 6.69. The average molecular weight is 595 g/mol.